The molecule has 1 aliphatic rings. The van der Waals surface area contributed by atoms with Crippen LogP contribution in [0.4, 0.5) is 5.69 Å². The number of anilines is 1. The lowest BCUT2D eigenvalue weighted by molar-refractivity contribution is -0.202. The monoisotopic (exact) mass is 558 g/mol. The summed E-state index contributed by atoms with van der Waals surface area (Å²) in [5.41, 5.74) is 9.07. The van der Waals surface area contributed by atoms with Crippen LogP contribution in [0.15, 0.2) is 60.9 Å². The molecule has 1 saturated heterocycles. The third kappa shape index (κ3) is 8.35. The van der Waals surface area contributed by atoms with Crippen LogP contribution < -0.4 is 16.3 Å². The van der Waals surface area contributed by atoms with Gasteiger partial charge in [-0.1, -0.05) is 50.3 Å². The van der Waals surface area contributed by atoms with Gasteiger partial charge >= 0.3 is 0 Å². The number of aromatic nitrogens is 1. The molecular formula is C28H38N4O6S. The molecule has 0 radical (unpaired) electrons. The molecule has 0 saturated carbocycles. The summed E-state index contributed by atoms with van der Waals surface area (Å²) in [4.78, 5) is 37.1. The Balaban J connectivity index is 1.97. The molecule has 1 aliphatic heterocycles. The van der Waals surface area contributed by atoms with Crippen LogP contribution in [0.5, 0.6) is 0 Å². The maximum atomic E-state index is 13.9. The summed E-state index contributed by atoms with van der Waals surface area (Å²) in [7, 11) is -4.15. The smallest absolute Gasteiger partial charge is 0.260 e. The van der Waals surface area contributed by atoms with E-state index >= 15 is 0 Å². The third-order valence-corrected chi connectivity index (χ3v) is 8.49. The number of para-hydroxylation sites is 1. The summed E-state index contributed by atoms with van der Waals surface area (Å²) in [5.74, 6) is -3.10. The number of pyridine rings is 1. The Morgan fingerprint density at radius 1 is 1.18 bits per heavy atom. The van der Waals surface area contributed by atoms with Gasteiger partial charge in [-0.15, -0.1) is 0 Å². The molecule has 1 aromatic carbocycles. The summed E-state index contributed by atoms with van der Waals surface area (Å²) >= 11 is 0. The molecule has 3 rings (SSSR count). The van der Waals surface area contributed by atoms with Gasteiger partial charge in [0.05, 0.1) is 11.6 Å². The molecule has 0 aliphatic carbocycles. The predicted octanol–water partition coefficient (Wildman–Crippen LogP) is 3.65. The zero-order valence-electron chi connectivity index (χ0n) is 22.6. The molecule has 2 aromatic rings. The van der Waals surface area contributed by atoms with Gasteiger partial charge in [0, 0.05) is 31.7 Å². The summed E-state index contributed by atoms with van der Waals surface area (Å²) < 4.78 is 30.5. The third-order valence-electron chi connectivity index (χ3n) is 6.53. The molecule has 1 aromatic heterocycles. The Morgan fingerprint density at radius 2 is 1.95 bits per heavy atom. The fourth-order valence-corrected chi connectivity index (χ4v) is 6.40. The molecule has 11 heteroatoms. The van der Waals surface area contributed by atoms with Crippen LogP contribution in [0, 0.1) is 11.8 Å². The van der Waals surface area contributed by atoms with Crippen LogP contribution in [0.3, 0.4) is 0 Å². The number of carbonyl (C=O) groups excluding carboxylic acids is 2. The minimum atomic E-state index is -4.15. The van der Waals surface area contributed by atoms with Gasteiger partial charge in [-0.05, 0) is 55.4 Å². The van der Waals surface area contributed by atoms with Gasteiger partial charge in [-0.3, -0.25) is 25.4 Å². The number of nitrogens with one attached hydrogen (secondary N) is 3. The second-order valence-electron chi connectivity index (χ2n) is 10.1. The van der Waals surface area contributed by atoms with E-state index in [0.29, 0.717) is 18.7 Å². The van der Waals surface area contributed by atoms with E-state index in [0.717, 1.165) is 24.7 Å². The maximum Gasteiger partial charge on any atom is 0.260 e. The number of nitrogens with zero attached hydrogens (tertiary/aromatic N) is 1. The first-order chi connectivity index (χ1) is 18.6. The van der Waals surface area contributed by atoms with Crippen molar-refractivity contribution < 1.29 is 27.6 Å². The molecule has 3 N–H and O–H groups in total. The van der Waals surface area contributed by atoms with Gasteiger partial charge < -0.3 is 4.74 Å². The molecule has 10 nitrogen and oxygen atoms in total. The molecule has 2 heterocycles. The van der Waals surface area contributed by atoms with Gasteiger partial charge in [0.2, 0.25) is 5.91 Å². The first-order valence-corrected chi connectivity index (χ1v) is 15.0. The fourth-order valence-electron chi connectivity index (χ4n) is 4.66. The van der Waals surface area contributed by atoms with E-state index in [1.54, 1.807) is 54.9 Å². The minimum absolute atomic E-state index is 0.0475. The van der Waals surface area contributed by atoms with Gasteiger partial charge in [-0.2, -0.15) is 0 Å². The van der Waals surface area contributed by atoms with Crippen LogP contribution in [-0.2, 0) is 29.0 Å². The van der Waals surface area contributed by atoms with Crippen LogP contribution in [0.2, 0.25) is 0 Å². The number of hydroxylamine groups is 1. The standard InChI is InChI=1S/C28H38N4O6S/c1-21(2)19-28(39(3,35)36,27(34)31-30-23-13-5-4-6-14-23)24(15-9-11-22-12-10-17-29-20-22)26(33)32-38-25-16-7-8-18-37-25/h4-6,9-14,17,20-21,24-25,30H,7-8,15-16,18-19H2,1-3H3,(H,31,34)(H,32,33)/t24?,25?,28-/m1/s1. The van der Waals surface area contributed by atoms with Crippen molar-refractivity contribution in [1.29, 1.82) is 0 Å². The van der Waals surface area contributed by atoms with Gasteiger partial charge in [0.25, 0.3) is 5.91 Å². The molecule has 39 heavy (non-hydrogen) atoms. The lowest BCUT2D eigenvalue weighted by Crippen LogP contribution is -2.62. The van der Waals surface area contributed by atoms with Crippen molar-refractivity contribution >= 4 is 33.4 Å². The number of hydrogen-bond acceptors (Lipinski definition) is 8. The Labute approximate surface area is 230 Å². The lowest BCUT2D eigenvalue weighted by Gasteiger charge is -2.38. The van der Waals surface area contributed by atoms with E-state index in [1.165, 1.54) is 0 Å². The Morgan fingerprint density at radius 3 is 2.56 bits per heavy atom. The molecule has 0 spiro atoms. The Hall–Kier alpha value is -3.28. The van der Waals surface area contributed by atoms with Crippen molar-refractivity contribution in [2.24, 2.45) is 11.8 Å². The highest BCUT2D eigenvalue weighted by atomic mass is 32.2. The van der Waals surface area contributed by atoms with E-state index in [4.69, 9.17) is 9.57 Å². The second-order valence-corrected chi connectivity index (χ2v) is 12.3. The number of benzene rings is 1. The van der Waals surface area contributed by atoms with Crippen LogP contribution in [0.1, 0.15) is 51.5 Å². The van der Waals surface area contributed by atoms with Crippen LogP contribution in [-0.4, -0.2) is 49.1 Å². The average Bonchev–Trinajstić information content (AvgIpc) is 2.92. The number of carbonyl (C=O) groups is 2. The van der Waals surface area contributed by atoms with Crippen molar-refractivity contribution in [2.45, 2.75) is 57.0 Å². The molecule has 2 amide bonds. The number of hydrazine groups is 1. The van der Waals surface area contributed by atoms with Crippen molar-refractivity contribution in [1.82, 2.24) is 15.9 Å². The molecule has 3 atom stereocenters. The highest BCUT2D eigenvalue weighted by molar-refractivity contribution is 7.93. The first-order valence-electron chi connectivity index (χ1n) is 13.1. The first kappa shape index (κ1) is 30.3. The maximum absolute atomic E-state index is 13.9. The van der Waals surface area contributed by atoms with Gasteiger partial charge in [0.15, 0.2) is 20.9 Å². The van der Waals surface area contributed by atoms with Gasteiger partial charge in [-0.25, -0.2) is 18.7 Å². The molecular weight excluding hydrogens is 520 g/mol. The highest BCUT2D eigenvalue weighted by Gasteiger charge is 2.57. The summed E-state index contributed by atoms with van der Waals surface area (Å²) in [5, 5.41) is 0. The van der Waals surface area contributed by atoms with Crippen molar-refractivity contribution in [2.75, 3.05) is 18.3 Å². The molecule has 1 fully saturated rings. The van der Waals surface area contributed by atoms with Crippen LogP contribution >= 0.6 is 0 Å². The highest BCUT2D eigenvalue weighted by Crippen LogP contribution is 2.37. The summed E-state index contributed by atoms with van der Waals surface area (Å²) in [6, 6.07) is 12.4. The zero-order chi connectivity index (χ0) is 28.3. The second kappa shape index (κ2) is 14.2. The summed E-state index contributed by atoms with van der Waals surface area (Å²) in [6.07, 6.45) is 9.29. The molecule has 2 unspecified atom stereocenters. The topological polar surface area (TPSA) is 136 Å². The van der Waals surface area contributed by atoms with Crippen molar-refractivity contribution in [3.63, 3.8) is 0 Å². The lowest BCUT2D eigenvalue weighted by atomic mass is 9.81. The Bertz CT molecular complexity index is 1200. The number of hydrogen-bond donors (Lipinski definition) is 3. The zero-order valence-corrected chi connectivity index (χ0v) is 23.4. The Kier molecular flexibility index (Phi) is 11.0. The van der Waals surface area contributed by atoms with E-state index < -0.39 is 38.6 Å². The number of amides is 2. The van der Waals surface area contributed by atoms with Crippen LogP contribution in [0.25, 0.3) is 6.08 Å². The van der Waals surface area contributed by atoms with Crippen molar-refractivity contribution in [3.05, 3.63) is 66.5 Å². The number of allylic oxidation sites excluding steroid dienone is 1. The van der Waals surface area contributed by atoms with Gasteiger partial charge in [0.1, 0.15) is 0 Å². The average molecular weight is 559 g/mol. The van der Waals surface area contributed by atoms with E-state index in [2.05, 4.69) is 21.3 Å². The predicted molar refractivity (Wildman–Crippen MR) is 149 cm³/mol. The minimum Gasteiger partial charge on any atom is -0.350 e. The molecule has 212 valence electrons. The largest absolute Gasteiger partial charge is 0.350 e. The van der Waals surface area contributed by atoms with E-state index in [-0.39, 0.29) is 18.8 Å². The normalized spacial score (nSPS) is 18.3. The molecule has 0 bridgehead atoms. The van der Waals surface area contributed by atoms with E-state index in [1.807, 2.05) is 26.0 Å². The summed E-state index contributed by atoms with van der Waals surface area (Å²) in [6.45, 7) is 4.13. The van der Waals surface area contributed by atoms with Crippen molar-refractivity contribution in [3.8, 4) is 0 Å². The van der Waals surface area contributed by atoms with E-state index in [9.17, 15) is 18.0 Å². The SMILES string of the molecule is CC(C)C[C@](C(=O)NNc1ccccc1)(C(CC=Cc1cccnc1)C(=O)NOC1CCCCO1)S(C)(=O)=O. The fraction of sp³-hybridized carbons (Fsp3) is 0.464. The number of ether oxygens (including phenoxy) is 1. The number of sulfone groups is 1. The quantitative estimate of drug-likeness (QED) is 0.317. The number of rotatable bonds is 13.